The first-order valence-corrected chi connectivity index (χ1v) is 8.21. The summed E-state index contributed by atoms with van der Waals surface area (Å²) >= 11 is 7.73. The molecule has 0 radical (unpaired) electrons. The Morgan fingerprint density at radius 2 is 1.77 bits per heavy atom. The number of aromatic nitrogens is 2. The minimum atomic E-state index is 0.139. The minimum absolute atomic E-state index is 0.139. The molecular weight excluding hydrogens is 316 g/mol. The second kappa shape index (κ2) is 6.55. The lowest BCUT2D eigenvalue weighted by molar-refractivity contribution is 0.465. The van der Waals surface area contributed by atoms with Gasteiger partial charge in [-0.2, -0.15) is 0 Å². The van der Waals surface area contributed by atoms with E-state index in [0.717, 1.165) is 16.1 Å². The molecule has 1 aromatic heterocycles. The van der Waals surface area contributed by atoms with Crippen molar-refractivity contribution in [2.75, 3.05) is 0 Å². The van der Waals surface area contributed by atoms with Crippen LogP contribution >= 0.6 is 23.4 Å². The monoisotopic (exact) mass is 330 g/mol. The topological polar surface area (TPSA) is 38.9 Å². The van der Waals surface area contributed by atoms with E-state index in [4.69, 9.17) is 16.0 Å². The lowest BCUT2D eigenvalue weighted by Gasteiger charge is -2.10. The lowest BCUT2D eigenvalue weighted by Crippen LogP contribution is -1.89. The van der Waals surface area contributed by atoms with E-state index < -0.39 is 0 Å². The zero-order chi connectivity index (χ0) is 15.5. The second-order valence-electron chi connectivity index (χ2n) is 5.02. The number of aryl methyl sites for hydroxylation is 1. The van der Waals surface area contributed by atoms with Gasteiger partial charge in [0.2, 0.25) is 5.89 Å². The summed E-state index contributed by atoms with van der Waals surface area (Å²) in [6, 6.07) is 15.8. The maximum absolute atomic E-state index is 6.22. The Bertz CT molecular complexity index is 770. The van der Waals surface area contributed by atoms with Gasteiger partial charge in [-0.05, 0) is 37.6 Å². The van der Waals surface area contributed by atoms with E-state index >= 15 is 0 Å². The number of hydrogen-bond acceptors (Lipinski definition) is 4. The van der Waals surface area contributed by atoms with Crippen LogP contribution in [0.1, 0.15) is 23.3 Å². The van der Waals surface area contributed by atoms with Crippen LogP contribution in [0.3, 0.4) is 0 Å². The smallest absolute Gasteiger partial charge is 0.277 e. The van der Waals surface area contributed by atoms with Crippen molar-refractivity contribution in [3.05, 3.63) is 64.7 Å². The molecule has 0 bridgehead atoms. The Morgan fingerprint density at radius 3 is 2.50 bits per heavy atom. The third kappa shape index (κ3) is 3.34. The average Bonchev–Trinajstić information content (AvgIpc) is 2.97. The summed E-state index contributed by atoms with van der Waals surface area (Å²) in [6.45, 7) is 4.12. The summed E-state index contributed by atoms with van der Waals surface area (Å²) in [6.07, 6.45) is 0. The first-order valence-electron chi connectivity index (χ1n) is 6.95. The number of rotatable bonds is 4. The van der Waals surface area contributed by atoms with Crippen LogP contribution in [-0.2, 0) is 0 Å². The van der Waals surface area contributed by atoms with E-state index in [1.54, 1.807) is 0 Å². The van der Waals surface area contributed by atoms with Crippen LogP contribution in [0.5, 0.6) is 0 Å². The summed E-state index contributed by atoms with van der Waals surface area (Å²) in [4.78, 5) is 0. The van der Waals surface area contributed by atoms with E-state index in [-0.39, 0.29) is 5.25 Å². The predicted molar refractivity (Wildman–Crippen MR) is 90.2 cm³/mol. The van der Waals surface area contributed by atoms with Crippen LogP contribution in [0.4, 0.5) is 0 Å². The fourth-order valence-electron chi connectivity index (χ4n) is 2.09. The molecule has 1 atom stereocenters. The van der Waals surface area contributed by atoms with Gasteiger partial charge in [0.15, 0.2) is 0 Å². The van der Waals surface area contributed by atoms with Crippen molar-refractivity contribution in [1.82, 2.24) is 10.2 Å². The molecule has 0 amide bonds. The molecule has 112 valence electrons. The summed E-state index contributed by atoms with van der Waals surface area (Å²) in [5.74, 6) is 0.536. The van der Waals surface area contributed by atoms with Gasteiger partial charge in [-0.1, -0.05) is 59.3 Å². The molecule has 0 N–H and O–H groups in total. The second-order valence-corrected chi connectivity index (χ2v) is 6.72. The number of thioether (sulfide) groups is 1. The van der Waals surface area contributed by atoms with Crippen LogP contribution in [-0.4, -0.2) is 10.2 Å². The standard InChI is InChI=1S/C17H15ClN2OS/c1-11-7-9-13(10-8-11)16-19-20-17(21-16)22-12(2)14-5-3-4-6-15(14)18/h3-10,12H,1-2H3/t12-/m0/s1. The third-order valence-corrected chi connectivity index (χ3v) is 4.64. The maximum Gasteiger partial charge on any atom is 0.277 e. The van der Waals surface area contributed by atoms with Gasteiger partial charge in [0.25, 0.3) is 5.22 Å². The fraction of sp³-hybridized carbons (Fsp3) is 0.176. The van der Waals surface area contributed by atoms with Crippen LogP contribution in [0.25, 0.3) is 11.5 Å². The molecule has 0 saturated carbocycles. The van der Waals surface area contributed by atoms with Gasteiger partial charge in [0, 0.05) is 15.8 Å². The van der Waals surface area contributed by atoms with E-state index in [9.17, 15) is 0 Å². The van der Waals surface area contributed by atoms with E-state index in [0.29, 0.717) is 11.1 Å². The van der Waals surface area contributed by atoms with Crippen molar-refractivity contribution in [1.29, 1.82) is 0 Å². The Hall–Kier alpha value is -1.78. The highest BCUT2D eigenvalue weighted by atomic mass is 35.5. The van der Waals surface area contributed by atoms with Gasteiger partial charge in [-0.3, -0.25) is 0 Å². The van der Waals surface area contributed by atoms with E-state index in [1.165, 1.54) is 17.3 Å². The molecule has 0 aliphatic heterocycles. The van der Waals surface area contributed by atoms with Crippen molar-refractivity contribution < 1.29 is 4.42 Å². The highest BCUT2D eigenvalue weighted by Crippen LogP contribution is 2.37. The first kappa shape index (κ1) is 15.1. The van der Waals surface area contributed by atoms with Gasteiger partial charge in [0.05, 0.1) is 0 Å². The fourth-order valence-corrected chi connectivity index (χ4v) is 3.30. The minimum Gasteiger partial charge on any atom is -0.411 e. The first-order chi connectivity index (χ1) is 10.6. The molecule has 3 rings (SSSR count). The van der Waals surface area contributed by atoms with Crippen molar-refractivity contribution >= 4 is 23.4 Å². The SMILES string of the molecule is Cc1ccc(-c2nnc(S[C@@H](C)c3ccccc3Cl)o2)cc1. The summed E-state index contributed by atoms with van der Waals surface area (Å²) in [5.41, 5.74) is 3.19. The van der Waals surface area contributed by atoms with E-state index in [2.05, 4.69) is 17.1 Å². The van der Waals surface area contributed by atoms with Crippen molar-refractivity contribution in [3.63, 3.8) is 0 Å². The molecular formula is C17H15ClN2OS. The zero-order valence-corrected chi connectivity index (χ0v) is 13.9. The van der Waals surface area contributed by atoms with E-state index in [1.807, 2.05) is 55.5 Å². The highest BCUT2D eigenvalue weighted by Gasteiger charge is 2.15. The van der Waals surface area contributed by atoms with Crippen molar-refractivity contribution in [2.45, 2.75) is 24.3 Å². The molecule has 22 heavy (non-hydrogen) atoms. The quantitative estimate of drug-likeness (QED) is 0.588. The molecule has 2 aromatic carbocycles. The predicted octanol–water partition coefficient (Wildman–Crippen LogP) is 5.55. The van der Waals surface area contributed by atoms with Gasteiger partial charge >= 0.3 is 0 Å². The van der Waals surface area contributed by atoms with Crippen LogP contribution in [0.2, 0.25) is 5.02 Å². The Balaban J connectivity index is 1.77. The molecule has 0 aliphatic rings. The van der Waals surface area contributed by atoms with Crippen molar-refractivity contribution in [3.8, 4) is 11.5 Å². The van der Waals surface area contributed by atoms with Gasteiger partial charge in [-0.25, -0.2) is 0 Å². The van der Waals surface area contributed by atoms with Crippen LogP contribution in [0.15, 0.2) is 58.2 Å². The maximum atomic E-state index is 6.22. The summed E-state index contributed by atoms with van der Waals surface area (Å²) < 4.78 is 5.74. The summed E-state index contributed by atoms with van der Waals surface area (Å²) in [7, 11) is 0. The van der Waals surface area contributed by atoms with Crippen molar-refractivity contribution in [2.24, 2.45) is 0 Å². The molecule has 1 heterocycles. The molecule has 5 heteroatoms. The molecule has 0 unspecified atom stereocenters. The zero-order valence-electron chi connectivity index (χ0n) is 12.3. The van der Waals surface area contributed by atoms with Crippen LogP contribution in [0, 0.1) is 6.92 Å². The Labute approximate surface area is 138 Å². The van der Waals surface area contributed by atoms with Crippen LogP contribution < -0.4 is 0 Å². The molecule has 0 spiro atoms. The number of benzene rings is 2. The van der Waals surface area contributed by atoms with Gasteiger partial charge < -0.3 is 4.42 Å². The molecule has 0 saturated heterocycles. The molecule has 3 nitrogen and oxygen atoms in total. The normalized spacial score (nSPS) is 12.3. The Kier molecular flexibility index (Phi) is 4.50. The Morgan fingerprint density at radius 1 is 1.05 bits per heavy atom. The third-order valence-electron chi connectivity index (χ3n) is 3.33. The highest BCUT2D eigenvalue weighted by molar-refractivity contribution is 7.99. The average molecular weight is 331 g/mol. The number of hydrogen-bond donors (Lipinski definition) is 0. The van der Waals surface area contributed by atoms with Gasteiger partial charge in [0.1, 0.15) is 0 Å². The lowest BCUT2D eigenvalue weighted by atomic mass is 10.1. The molecule has 0 aliphatic carbocycles. The molecule has 0 fully saturated rings. The molecule has 3 aromatic rings. The summed E-state index contributed by atoms with van der Waals surface area (Å²) in [5, 5.41) is 9.66. The van der Waals surface area contributed by atoms with Gasteiger partial charge in [-0.15, -0.1) is 10.2 Å². The largest absolute Gasteiger partial charge is 0.411 e. The number of nitrogens with zero attached hydrogens (tertiary/aromatic N) is 2. The number of halogens is 1.